The Morgan fingerprint density at radius 2 is 2.11 bits per heavy atom. The van der Waals surface area contributed by atoms with Gasteiger partial charge in [0.15, 0.2) is 0 Å². The molecule has 2 nitrogen and oxygen atoms in total. The monoisotopic (exact) mass is 240 g/mol. The molecule has 0 spiro atoms. The Morgan fingerprint density at radius 3 is 2.83 bits per heavy atom. The van der Waals surface area contributed by atoms with Crippen LogP contribution in [-0.4, -0.2) is 12.0 Å². The molecule has 0 radical (unpaired) electrons. The van der Waals surface area contributed by atoms with E-state index in [2.05, 4.69) is 48.5 Å². The summed E-state index contributed by atoms with van der Waals surface area (Å²) in [5, 5.41) is 4.69. The predicted octanol–water partition coefficient (Wildman–Crippen LogP) is 3.54. The first-order chi connectivity index (χ1) is 8.79. The minimum Gasteiger partial charge on any atom is -0.313 e. The molecule has 3 rings (SSSR count). The summed E-state index contributed by atoms with van der Waals surface area (Å²) in [5.74, 6) is 1.61. The topological polar surface area (TPSA) is 24.9 Å². The van der Waals surface area contributed by atoms with Gasteiger partial charge in [-0.25, -0.2) is 0 Å². The van der Waals surface area contributed by atoms with Crippen LogP contribution in [0.1, 0.15) is 31.4 Å². The molecule has 94 valence electrons. The Kier molecular flexibility index (Phi) is 3.04. The van der Waals surface area contributed by atoms with Crippen molar-refractivity contribution in [3.63, 3.8) is 0 Å². The number of fused-ring (bicyclic) bond motifs is 1. The minimum atomic E-state index is 0.448. The summed E-state index contributed by atoms with van der Waals surface area (Å²) in [4.78, 5) is 4.45. The molecule has 1 aliphatic carbocycles. The van der Waals surface area contributed by atoms with Crippen LogP contribution < -0.4 is 5.32 Å². The molecule has 1 fully saturated rings. The maximum absolute atomic E-state index is 4.45. The average Bonchev–Trinajstić information content (AvgIpc) is 3.23. The second kappa shape index (κ2) is 4.69. The fourth-order valence-electron chi connectivity index (χ4n) is 2.90. The van der Waals surface area contributed by atoms with Gasteiger partial charge in [0.2, 0.25) is 0 Å². The molecule has 1 N–H and O–H groups in total. The van der Waals surface area contributed by atoms with Crippen molar-refractivity contribution in [1.82, 2.24) is 10.3 Å². The van der Waals surface area contributed by atoms with Crippen LogP contribution in [0.15, 0.2) is 36.5 Å². The van der Waals surface area contributed by atoms with Crippen LogP contribution in [0.2, 0.25) is 0 Å². The molecule has 18 heavy (non-hydrogen) atoms. The van der Waals surface area contributed by atoms with Gasteiger partial charge < -0.3 is 5.32 Å². The van der Waals surface area contributed by atoms with E-state index in [1.165, 1.54) is 23.8 Å². The zero-order valence-corrected chi connectivity index (χ0v) is 11.1. The molecule has 2 atom stereocenters. The third-order valence-corrected chi connectivity index (χ3v) is 4.19. The van der Waals surface area contributed by atoms with E-state index in [1.807, 2.05) is 12.3 Å². The van der Waals surface area contributed by atoms with Crippen LogP contribution in [0.25, 0.3) is 10.9 Å². The summed E-state index contributed by atoms with van der Waals surface area (Å²) in [6.07, 6.45) is 4.65. The van der Waals surface area contributed by atoms with Gasteiger partial charge in [0.25, 0.3) is 0 Å². The van der Waals surface area contributed by atoms with Crippen molar-refractivity contribution in [2.24, 2.45) is 11.8 Å². The molecule has 1 aromatic heterocycles. The van der Waals surface area contributed by atoms with Gasteiger partial charge in [-0.1, -0.05) is 25.1 Å². The van der Waals surface area contributed by atoms with Crippen molar-refractivity contribution in [3.8, 4) is 0 Å². The maximum Gasteiger partial charge on any atom is 0.0705 e. The lowest BCUT2D eigenvalue weighted by Gasteiger charge is -2.24. The van der Waals surface area contributed by atoms with Gasteiger partial charge in [0.1, 0.15) is 0 Å². The molecule has 0 aliphatic heterocycles. The van der Waals surface area contributed by atoms with E-state index in [0.717, 1.165) is 11.4 Å². The SMILES string of the molecule is CNC(c1ccc2cccnc2c1)C(C)C1CC1. The van der Waals surface area contributed by atoms with E-state index in [-0.39, 0.29) is 0 Å². The standard InChI is InChI=1S/C16H20N2/c1-11(12-5-6-12)16(17-2)14-8-7-13-4-3-9-18-15(13)10-14/h3-4,7-12,16-17H,5-6H2,1-2H3. The van der Waals surface area contributed by atoms with Crippen LogP contribution in [-0.2, 0) is 0 Å². The number of aromatic nitrogens is 1. The predicted molar refractivity (Wildman–Crippen MR) is 75.4 cm³/mol. The first kappa shape index (κ1) is 11.7. The van der Waals surface area contributed by atoms with Crippen LogP contribution in [0.5, 0.6) is 0 Å². The first-order valence-corrected chi connectivity index (χ1v) is 6.81. The number of hydrogen-bond acceptors (Lipinski definition) is 2. The van der Waals surface area contributed by atoms with Gasteiger partial charge in [-0.15, -0.1) is 0 Å². The van der Waals surface area contributed by atoms with E-state index in [1.54, 1.807) is 0 Å². The Balaban J connectivity index is 1.95. The van der Waals surface area contributed by atoms with Crippen molar-refractivity contribution < 1.29 is 0 Å². The fourth-order valence-corrected chi connectivity index (χ4v) is 2.90. The lowest BCUT2D eigenvalue weighted by atomic mass is 9.90. The van der Waals surface area contributed by atoms with Crippen molar-refractivity contribution in [2.45, 2.75) is 25.8 Å². The van der Waals surface area contributed by atoms with E-state index in [9.17, 15) is 0 Å². The molecule has 2 aromatic rings. The Morgan fingerprint density at radius 1 is 1.28 bits per heavy atom. The number of rotatable bonds is 4. The first-order valence-electron chi connectivity index (χ1n) is 6.81. The van der Waals surface area contributed by atoms with E-state index in [0.29, 0.717) is 12.0 Å². The smallest absolute Gasteiger partial charge is 0.0705 e. The number of benzene rings is 1. The van der Waals surface area contributed by atoms with Gasteiger partial charge in [0.05, 0.1) is 5.52 Å². The van der Waals surface area contributed by atoms with Crippen LogP contribution >= 0.6 is 0 Å². The average molecular weight is 240 g/mol. The maximum atomic E-state index is 4.45. The highest BCUT2D eigenvalue weighted by molar-refractivity contribution is 5.79. The minimum absolute atomic E-state index is 0.448. The molecular formula is C16H20N2. The molecule has 0 amide bonds. The van der Waals surface area contributed by atoms with Crippen LogP contribution in [0.4, 0.5) is 0 Å². The molecule has 1 heterocycles. The van der Waals surface area contributed by atoms with Gasteiger partial charge in [-0.05, 0) is 49.4 Å². The summed E-state index contributed by atoms with van der Waals surface area (Å²) in [6, 6.07) is 11.2. The highest BCUT2D eigenvalue weighted by Crippen LogP contribution is 2.42. The summed E-state index contributed by atoms with van der Waals surface area (Å²) in [6.45, 7) is 2.36. The number of nitrogens with one attached hydrogen (secondary N) is 1. The zero-order chi connectivity index (χ0) is 12.5. The summed E-state index contributed by atoms with van der Waals surface area (Å²) in [7, 11) is 2.06. The Bertz CT molecular complexity index is 546. The summed E-state index contributed by atoms with van der Waals surface area (Å²) >= 11 is 0. The Labute approximate surface area is 108 Å². The highest BCUT2D eigenvalue weighted by atomic mass is 14.9. The molecule has 1 saturated carbocycles. The lowest BCUT2D eigenvalue weighted by Crippen LogP contribution is -2.24. The normalized spacial score (nSPS) is 18.8. The Hall–Kier alpha value is -1.41. The lowest BCUT2D eigenvalue weighted by molar-refractivity contribution is 0.369. The second-order valence-corrected chi connectivity index (χ2v) is 5.42. The zero-order valence-electron chi connectivity index (χ0n) is 11.1. The largest absolute Gasteiger partial charge is 0.313 e. The molecule has 0 bridgehead atoms. The molecule has 0 saturated heterocycles. The van der Waals surface area contributed by atoms with Crippen molar-refractivity contribution >= 4 is 10.9 Å². The van der Waals surface area contributed by atoms with Crippen LogP contribution in [0.3, 0.4) is 0 Å². The van der Waals surface area contributed by atoms with Crippen molar-refractivity contribution in [2.75, 3.05) is 7.05 Å². The molecule has 1 aromatic carbocycles. The van der Waals surface area contributed by atoms with Gasteiger partial charge in [-0.3, -0.25) is 4.98 Å². The van der Waals surface area contributed by atoms with Gasteiger partial charge in [-0.2, -0.15) is 0 Å². The van der Waals surface area contributed by atoms with E-state index < -0.39 is 0 Å². The van der Waals surface area contributed by atoms with Crippen molar-refractivity contribution in [3.05, 3.63) is 42.1 Å². The van der Waals surface area contributed by atoms with Gasteiger partial charge in [0, 0.05) is 17.6 Å². The highest BCUT2D eigenvalue weighted by Gasteiger charge is 2.33. The molecule has 2 unspecified atom stereocenters. The number of pyridine rings is 1. The van der Waals surface area contributed by atoms with Gasteiger partial charge >= 0.3 is 0 Å². The quantitative estimate of drug-likeness (QED) is 0.884. The second-order valence-electron chi connectivity index (χ2n) is 5.42. The molecule has 2 heteroatoms. The van der Waals surface area contributed by atoms with Crippen molar-refractivity contribution in [1.29, 1.82) is 0 Å². The van der Waals surface area contributed by atoms with Crippen LogP contribution in [0, 0.1) is 11.8 Å². The number of hydrogen-bond donors (Lipinski definition) is 1. The summed E-state index contributed by atoms with van der Waals surface area (Å²) in [5.41, 5.74) is 2.46. The third kappa shape index (κ3) is 2.13. The summed E-state index contributed by atoms with van der Waals surface area (Å²) < 4.78 is 0. The van der Waals surface area contributed by atoms with E-state index in [4.69, 9.17) is 0 Å². The fraction of sp³-hybridized carbons (Fsp3) is 0.438. The molecular weight excluding hydrogens is 220 g/mol. The third-order valence-electron chi connectivity index (χ3n) is 4.19. The van der Waals surface area contributed by atoms with E-state index >= 15 is 0 Å². The molecule has 1 aliphatic rings. The number of nitrogens with zero attached hydrogens (tertiary/aromatic N) is 1.